The van der Waals surface area contributed by atoms with Crippen molar-refractivity contribution >= 4 is 37.4 Å². The minimum absolute atomic E-state index is 0.0886. The Morgan fingerprint density at radius 1 is 1.25 bits per heavy atom. The van der Waals surface area contributed by atoms with E-state index in [1.165, 1.54) is 4.31 Å². The van der Waals surface area contributed by atoms with Gasteiger partial charge in [0.05, 0.1) is 0 Å². The van der Waals surface area contributed by atoms with Crippen molar-refractivity contribution < 1.29 is 18.3 Å². The molecule has 1 heterocycles. The number of rotatable bonds is 5. The lowest BCUT2D eigenvalue weighted by Crippen LogP contribution is -2.31. The standard InChI is InChI=1S/C13H15NO4S2/c1-3-14(4-2)20(17,18)12-9-7-5-6-8-10(9)19-11(12)13(15)16/h5-8H,3-4H2,1-2H3,(H,15,16). The van der Waals surface area contributed by atoms with E-state index in [-0.39, 0.29) is 9.77 Å². The highest BCUT2D eigenvalue weighted by Gasteiger charge is 2.31. The van der Waals surface area contributed by atoms with Crippen LogP contribution in [0.2, 0.25) is 0 Å². The van der Waals surface area contributed by atoms with E-state index in [0.717, 1.165) is 11.3 Å². The van der Waals surface area contributed by atoms with Gasteiger partial charge in [-0.25, -0.2) is 13.2 Å². The van der Waals surface area contributed by atoms with Crippen LogP contribution >= 0.6 is 11.3 Å². The van der Waals surface area contributed by atoms with E-state index in [9.17, 15) is 18.3 Å². The largest absolute Gasteiger partial charge is 0.477 e. The number of carbonyl (C=O) groups is 1. The summed E-state index contributed by atoms with van der Waals surface area (Å²) in [5, 5.41) is 9.76. The lowest BCUT2D eigenvalue weighted by atomic mass is 10.2. The molecule has 1 aromatic heterocycles. The van der Waals surface area contributed by atoms with Crippen LogP contribution in [-0.2, 0) is 10.0 Å². The van der Waals surface area contributed by atoms with E-state index < -0.39 is 16.0 Å². The number of hydrogen-bond donors (Lipinski definition) is 1. The number of hydrogen-bond acceptors (Lipinski definition) is 4. The number of aromatic carboxylic acids is 1. The predicted molar refractivity (Wildman–Crippen MR) is 78.9 cm³/mol. The summed E-state index contributed by atoms with van der Waals surface area (Å²) in [4.78, 5) is 11.1. The van der Waals surface area contributed by atoms with Crippen molar-refractivity contribution in [1.82, 2.24) is 4.31 Å². The van der Waals surface area contributed by atoms with Crippen LogP contribution in [0.4, 0.5) is 0 Å². The van der Waals surface area contributed by atoms with Crippen LogP contribution < -0.4 is 0 Å². The second-order valence-electron chi connectivity index (χ2n) is 4.15. The Morgan fingerprint density at radius 2 is 1.85 bits per heavy atom. The molecule has 0 aliphatic rings. The Labute approximate surface area is 121 Å². The zero-order chi connectivity index (χ0) is 14.9. The number of fused-ring (bicyclic) bond motifs is 1. The monoisotopic (exact) mass is 313 g/mol. The molecule has 0 aliphatic heterocycles. The molecule has 5 nitrogen and oxygen atoms in total. The van der Waals surface area contributed by atoms with Crippen LogP contribution in [0.3, 0.4) is 0 Å². The Bertz CT molecular complexity index is 745. The fourth-order valence-corrected chi connectivity index (χ4v) is 5.27. The Kier molecular flexibility index (Phi) is 4.12. The van der Waals surface area contributed by atoms with Gasteiger partial charge in [-0.2, -0.15) is 4.31 Å². The molecule has 1 N–H and O–H groups in total. The van der Waals surface area contributed by atoms with Gasteiger partial charge in [0.2, 0.25) is 10.0 Å². The summed E-state index contributed by atoms with van der Waals surface area (Å²) in [7, 11) is -3.80. The lowest BCUT2D eigenvalue weighted by Gasteiger charge is -2.18. The third kappa shape index (κ3) is 2.32. The normalized spacial score (nSPS) is 12.2. The van der Waals surface area contributed by atoms with E-state index >= 15 is 0 Å². The van der Waals surface area contributed by atoms with Gasteiger partial charge in [0.15, 0.2) is 0 Å². The van der Waals surface area contributed by atoms with Gasteiger partial charge in [-0.15, -0.1) is 11.3 Å². The molecule has 0 saturated carbocycles. The van der Waals surface area contributed by atoms with Gasteiger partial charge in [0.25, 0.3) is 0 Å². The van der Waals surface area contributed by atoms with Gasteiger partial charge in [0, 0.05) is 23.2 Å². The Balaban J connectivity index is 2.81. The molecule has 20 heavy (non-hydrogen) atoms. The SMILES string of the molecule is CCN(CC)S(=O)(=O)c1c(C(=O)O)sc2ccccc12. The highest BCUT2D eigenvalue weighted by Crippen LogP contribution is 2.36. The van der Waals surface area contributed by atoms with Gasteiger partial charge >= 0.3 is 5.97 Å². The lowest BCUT2D eigenvalue weighted by molar-refractivity contribution is 0.0698. The number of carboxylic acid groups (broad SMARTS) is 1. The number of carboxylic acids is 1. The summed E-state index contributed by atoms with van der Waals surface area (Å²) in [6.07, 6.45) is 0. The van der Waals surface area contributed by atoms with E-state index in [0.29, 0.717) is 23.2 Å². The number of thiophene rings is 1. The third-order valence-electron chi connectivity index (χ3n) is 3.05. The molecular weight excluding hydrogens is 298 g/mol. The molecule has 1 aromatic carbocycles. The molecule has 0 amide bonds. The first-order chi connectivity index (χ1) is 9.43. The zero-order valence-electron chi connectivity index (χ0n) is 11.2. The van der Waals surface area contributed by atoms with Crippen LogP contribution in [0.1, 0.15) is 23.5 Å². The maximum Gasteiger partial charge on any atom is 0.347 e. The molecule has 0 atom stereocenters. The maximum absolute atomic E-state index is 12.7. The average Bonchev–Trinajstić information content (AvgIpc) is 2.79. The molecule has 0 saturated heterocycles. The topological polar surface area (TPSA) is 74.7 Å². The second-order valence-corrected chi connectivity index (χ2v) is 7.08. The molecule has 7 heteroatoms. The zero-order valence-corrected chi connectivity index (χ0v) is 12.8. The first kappa shape index (κ1) is 15.0. The van der Waals surface area contributed by atoms with Crippen molar-refractivity contribution in [1.29, 1.82) is 0 Å². The van der Waals surface area contributed by atoms with Crippen molar-refractivity contribution in [2.45, 2.75) is 18.7 Å². The van der Waals surface area contributed by atoms with Gasteiger partial charge in [-0.1, -0.05) is 32.0 Å². The first-order valence-electron chi connectivity index (χ1n) is 6.18. The molecular formula is C13H15NO4S2. The van der Waals surface area contributed by atoms with Crippen LogP contribution in [0.15, 0.2) is 29.2 Å². The quantitative estimate of drug-likeness (QED) is 0.921. The van der Waals surface area contributed by atoms with Crippen molar-refractivity contribution in [3.8, 4) is 0 Å². The molecule has 0 aliphatic carbocycles. The van der Waals surface area contributed by atoms with Gasteiger partial charge in [-0.3, -0.25) is 0 Å². The molecule has 0 bridgehead atoms. The van der Waals surface area contributed by atoms with E-state index in [1.54, 1.807) is 38.1 Å². The summed E-state index contributed by atoms with van der Waals surface area (Å²) < 4.78 is 27.3. The summed E-state index contributed by atoms with van der Waals surface area (Å²) >= 11 is 0.992. The summed E-state index contributed by atoms with van der Waals surface area (Å²) in [5.41, 5.74) is 0. The molecule has 108 valence electrons. The average molecular weight is 313 g/mol. The van der Waals surface area contributed by atoms with E-state index in [2.05, 4.69) is 0 Å². The first-order valence-corrected chi connectivity index (χ1v) is 8.44. The van der Waals surface area contributed by atoms with Crippen molar-refractivity contribution in [3.63, 3.8) is 0 Å². The summed E-state index contributed by atoms with van der Waals surface area (Å²) in [6, 6.07) is 6.85. The number of benzene rings is 1. The van der Waals surface area contributed by atoms with Crippen LogP contribution in [0.5, 0.6) is 0 Å². The van der Waals surface area contributed by atoms with Crippen molar-refractivity contribution in [2.75, 3.05) is 13.1 Å². The smallest absolute Gasteiger partial charge is 0.347 e. The minimum Gasteiger partial charge on any atom is -0.477 e. The molecule has 2 aromatic rings. The maximum atomic E-state index is 12.7. The molecule has 0 spiro atoms. The second kappa shape index (κ2) is 5.51. The molecule has 2 rings (SSSR count). The predicted octanol–water partition coefficient (Wildman–Crippen LogP) is 2.63. The Morgan fingerprint density at radius 3 is 2.40 bits per heavy atom. The molecule has 0 radical (unpaired) electrons. The Hall–Kier alpha value is -1.44. The summed E-state index contributed by atoms with van der Waals surface area (Å²) in [6.45, 7) is 4.08. The van der Waals surface area contributed by atoms with Gasteiger partial charge in [-0.05, 0) is 6.07 Å². The minimum atomic E-state index is -3.80. The van der Waals surface area contributed by atoms with Gasteiger partial charge in [0.1, 0.15) is 9.77 Å². The fourth-order valence-electron chi connectivity index (χ4n) is 2.11. The van der Waals surface area contributed by atoms with E-state index in [4.69, 9.17) is 0 Å². The number of nitrogens with zero attached hydrogens (tertiary/aromatic N) is 1. The number of sulfonamides is 1. The molecule has 0 fully saturated rings. The summed E-state index contributed by atoms with van der Waals surface area (Å²) in [5.74, 6) is -1.21. The van der Waals surface area contributed by atoms with E-state index in [1.807, 2.05) is 0 Å². The van der Waals surface area contributed by atoms with Crippen LogP contribution in [0, 0.1) is 0 Å². The highest BCUT2D eigenvalue weighted by molar-refractivity contribution is 7.89. The van der Waals surface area contributed by atoms with Crippen LogP contribution in [-0.4, -0.2) is 36.9 Å². The van der Waals surface area contributed by atoms with Gasteiger partial charge < -0.3 is 5.11 Å². The fraction of sp³-hybridized carbons (Fsp3) is 0.308. The van der Waals surface area contributed by atoms with Crippen molar-refractivity contribution in [3.05, 3.63) is 29.1 Å². The van der Waals surface area contributed by atoms with Crippen molar-refractivity contribution in [2.24, 2.45) is 0 Å². The van der Waals surface area contributed by atoms with Crippen LogP contribution in [0.25, 0.3) is 10.1 Å². The highest BCUT2D eigenvalue weighted by atomic mass is 32.2. The third-order valence-corrected chi connectivity index (χ3v) is 6.47. The molecule has 0 unspecified atom stereocenters.